The lowest BCUT2D eigenvalue weighted by atomic mass is 10.0. The average Bonchev–Trinajstić information content (AvgIpc) is 2.69. The molecule has 0 aliphatic carbocycles. The number of hydrogen-bond acceptors (Lipinski definition) is 5. The van der Waals surface area contributed by atoms with E-state index in [4.69, 9.17) is 10.2 Å². The van der Waals surface area contributed by atoms with Crippen molar-refractivity contribution in [3.63, 3.8) is 0 Å². The van der Waals surface area contributed by atoms with Crippen LogP contribution in [-0.4, -0.2) is 29.6 Å². The second-order valence-corrected chi connectivity index (χ2v) is 4.68. The number of imide groups is 1. The molecule has 0 spiro atoms. The van der Waals surface area contributed by atoms with Gasteiger partial charge in [0.05, 0.1) is 0 Å². The Morgan fingerprint density at radius 2 is 1.95 bits per heavy atom. The minimum Gasteiger partial charge on any atom is -0.423 e. The molecular formula is C14H11N3O4. The van der Waals surface area contributed by atoms with Gasteiger partial charge in [-0.1, -0.05) is 0 Å². The van der Waals surface area contributed by atoms with Crippen LogP contribution >= 0.6 is 0 Å². The molecule has 0 saturated carbocycles. The molecule has 7 heteroatoms. The van der Waals surface area contributed by atoms with Gasteiger partial charge in [0.25, 0.3) is 5.91 Å². The molecule has 1 aromatic carbocycles. The minimum atomic E-state index is -0.597. The highest BCUT2D eigenvalue weighted by atomic mass is 16.4. The van der Waals surface area contributed by atoms with Crippen molar-refractivity contribution < 1.29 is 14.0 Å². The Morgan fingerprint density at radius 3 is 2.62 bits per heavy atom. The highest BCUT2D eigenvalue weighted by Gasteiger charge is 2.30. The number of carbonyl (C=O) groups excluding carboxylic acids is 2. The van der Waals surface area contributed by atoms with E-state index in [-0.39, 0.29) is 12.1 Å². The van der Waals surface area contributed by atoms with Gasteiger partial charge in [0.1, 0.15) is 11.3 Å². The summed E-state index contributed by atoms with van der Waals surface area (Å²) in [4.78, 5) is 39.2. The molecule has 3 rings (SSSR count). The molecule has 0 bridgehead atoms. The Kier molecular flexibility index (Phi) is 2.83. The fourth-order valence-corrected chi connectivity index (χ4v) is 2.22. The van der Waals surface area contributed by atoms with E-state index in [1.165, 1.54) is 13.1 Å². The van der Waals surface area contributed by atoms with E-state index in [1.807, 2.05) is 0 Å². The summed E-state index contributed by atoms with van der Waals surface area (Å²) in [5.41, 5.74) is 7.00. The van der Waals surface area contributed by atoms with Crippen molar-refractivity contribution in [2.75, 3.05) is 12.8 Å². The van der Waals surface area contributed by atoms with E-state index in [0.29, 0.717) is 22.2 Å². The predicted molar refractivity (Wildman–Crippen MR) is 76.2 cm³/mol. The molecule has 106 valence electrons. The highest BCUT2D eigenvalue weighted by Crippen LogP contribution is 2.25. The zero-order valence-corrected chi connectivity index (χ0v) is 11.1. The number of nitrogens with zero attached hydrogens (tertiary/aromatic N) is 2. The van der Waals surface area contributed by atoms with E-state index >= 15 is 0 Å². The van der Waals surface area contributed by atoms with Gasteiger partial charge in [0.2, 0.25) is 0 Å². The molecule has 2 N–H and O–H groups in total. The molecule has 0 unspecified atom stereocenters. The Balaban J connectivity index is 2.11. The molecule has 1 aliphatic rings. The van der Waals surface area contributed by atoms with E-state index in [9.17, 15) is 14.4 Å². The number of amides is 3. The molecule has 2 aromatic rings. The number of fused-ring (bicyclic) bond motifs is 1. The zero-order chi connectivity index (χ0) is 15.1. The molecule has 0 fully saturated rings. The summed E-state index contributed by atoms with van der Waals surface area (Å²) in [6.45, 7) is 0. The van der Waals surface area contributed by atoms with Crippen molar-refractivity contribution in [2.45, 2.75) is 6.42 Å². The van der Waals surface area contributed by atoms with Gasteiger partial charge >= 0.3 is 11.7 Å². The third-order valence-electron chi connectivity index (χ3n) is 3.36. The van der Waals surface area contributed by atoms with Crippen LogP contribution in [-0.2, 0) is 11.2 Å². The molecule has 1 aromatic heterocycles. The Hall–Kier alpha value is -2.96. The number of hydrogen-bond donors (Lipinski definition) is 1. The van der Waals surface area contributed by atoms with Gasteiger partial charge in [-0.25, -0.2) is 9.59 Å². The van der Waals surface area contributed by atoms with Crippen LogP contribution < -0.4 is 11.4 Å². The fourth-order valence-electron chi connectivity index (χ4n) is 2.22. The number of benzene rings is 1. The smallest absolute Gasteiger partial charge is 0.350 e. The molecule has 3 amide bonds. The molecule has 7 nitrogen and oxygen atoms in total. The van der Waals surface area contributed by atoms with Gasteiger partial charge in [-0.15, -0.1) is 0 Å². The summed E-state index contributed by atoms with van der Waals surface area (Å²) < 4.78 is 5.08. The van der Waals surface area contributed by atoms with E-state index in [2.05, 4.69) is 4.99 Å². The lowest BCUT2D eigenvalue weighted by molar-refractivity contribution is -0.119. The van der Waals surface area contributed by atoms with Crippen LogP contribution in [0.5, 0.6) is 0 Å². The lowest BCUT2D eigenvalue weighted by Gasteiger charge is -2.09. The van der Waals surface area contributed by atoms with Crippen LogP contribution in [0.25, 0.3) is 11.0 Å². The predicted octanol–water partition coefficient (Wildman–Crippen LogP) is 0.951. The van der Waals surface area contributed by atoms with Gasteiger partial charge in [-0.3, -0.25) is 9.69 Å². The maximum Gasteiger partial charge on any atom is 0.350 e. The van der Waals surface area contributed by atoms with Crippen molar-refractivity contribution in [1.82, 2.24) is 4.90 Å². The summed E-state index contributed by atoms with van der Waals surface area (Å²) in [6, 6.07) is 5.44. The third kappa shape index (κ3) is 2.08. The first-order valence-corrected chi connectivity index (χ1v) is 6.18. The van der Waals surface area contributed by atoms with Crippen LogP contribution in [0.3, 0.4) is 0 Å². The van der Waals surface area contributed by atoms with E-state index in [1.54, 1.807) is 18.2 Å². The fraction of sp³-hybridized carbons (Fsp3) is 0.143. The number of nitrogens with two attached hydrogens (primary N) is 1. The van der Waals surface area contributed by atoms with Crippen molar-refractivity contribution >= 4 is 34.3 Å². The quantitative estimate of drug-likeness (QED) is 0.653. The van der Waals surface area contributed by atoms with Gasteiger partial charge in [-0.2, -0.15) is 4.99 Å². The van der Waals surface area contributed by atoms with Gasteiger partial charge in [0.15, 0.2) is 0 Å². The molecule has 0 radical (unpaired) electrons. The van der Waals surface area contributed by atoms with Crippen LogP contribution in [0.15, 0.2) is 38.5 Å². The first-order chi connectivity index (χ1) is 9.97. The SMILES string of the molecule is CN1C(=O)N=C(Cc2c(N)ccc3oc(=O)ccc23)C1=O. The van der Waals surface area contributed by atoms with Crippen LogP contribution in [0.2, 0.25) is 0 Å². The van der Waals surface area contributed by atoms with Gasteiger partial charge in [0, 0.05) is 30.6 Å². The summed E-state index contributed by atoms with van der Waals surface area (Å²) >= 11 is 0. The molecule has 0 saturated heterocycles. The molecular weight excluding hydrogens is 274 g/mol. The lowest BCUT2D eigenvalue weighted by Crippen LogP contribution is -2.29. The van der Waals surface area contributed by atoms with E-state index in [0.717, 1.165) is 4.90 Å². The van der Waals surface area contributed by atoms with Crippen molar-refractivity contribution in [2.24, 2.45) is 4.99 Å². The van der Waals surface area contributed by atoms with Crippen LogP contribution in [0, 0.1) is 0 Å². The molecule has 0 atom stereocenters. The van der Waals surface area contributed by atoms with Crippen LogP contribution in [0.1, 0.15) is 5.56 Å². The maximum absolute atomic E-state index is 11.9. The topological polar surface area (TPSA) is 106 Å². The van der Waals surface area contributed by atoms with Crippen molar-refractivity contribution in [1.29, 1.82) is 0 Å². The highest BCUT2D eigenvalue weighted by molar-refractivity contribution is 6.46. The van der Waals surface area contributed by atoms with Crippen LogP contribution in [0.4, 0.5) is 10.5 Å². The van der Waals surface area contributed by atoms with Gasteiger partial charge < -0.3 is 10.2 Å². The average molecular weight is 285 g/mol. The maximum atomic E-state index is 11.9. The summed E-state index contributed by atoms with van der Waals surface area (Å²) in [5, 5.41) is 0.618. The Bertz CT molecular complexity index is 866. The summed E-state index contributed by atoms with van der Waals surface area (Å²) in [6.07, 6.45) is 0.103. The second kappa shape index (κ2) is 4.55. The molecule has 1 aliphatic heterocycles. The normalized spacial score (nSPS) is 14.9. The molecule has 2 heterocycles. The standard InChI is InChI=1S/C14H11N3O4/c1-17-13(19)10(16-14(17)20)6-8-7-2-5-12(18)21-11(7)4-3-9(8)15/h2-5H,6,15H2,1H3. The van der Waals surface area contributed by atoms with Crippen molar-refractivity contribution in [3.05, 3.63) is 40.2 Å². The monoisotopic (exact) mass is 285 g/mol. The Labute approximate surface area is 118 Å². The number of carbonyl (C=O) groups is 2. The zero-order valence-electron chi connectivity index (χ0n) is 11.1. The number of rotatable bonds is 2. The second-order valence-electron chi connectivity index (χ2n) is 4.68. The third-order valence-corrected chi connectivity index (χ3v) is 3.36. The van der Waals surface area contributed by atoms with Crippen molar-refractivity contribution in [3.8, 4) is 0 Å². The summed E-state index contributed by atoms with van der Waals surface area (Å²) in [5.74, 6) is -0.450. The first kappa shape index (κ1) is 13.0. The first-order valence-electron chi connectivity index (χ1n) is 6.18. The number of anilines is 1. The summed E-state index contributed by atoms with van der Waals surface area (Å²) in [7, 11) is 1.37. The number of urea groups is 1. The number of aliphatic imine (C=N–C) groups is 1. The van der Waals surface area contributed by atoms with Gasteiger partial charge in [-0.05, 0) is 23.8 Å². The molecule has 21 heavy (non-hydrogen) atoms. The number of nitrogen functional groups attached to an aromatic ring is 1. The minimum absolute atomic E-state index is 0.103. The Morgan fingerprint density at radius 1 is 1.19 bits per heavy atom. The largest absolute Gasteiger partial charge is 0.423 e. The van der Waals surface area contributed by atoms with E-state index < -0.39 is 17.6 Å².